The Morgan fingerprint density at radius 3 is 1.15 bits per heavy atom. The number of unbranched alkanes of at least 4 members (excludes halogenated alkanes) is 10. The molecule has 26 heteroatoms. The quantitative estimate of drug-likeness (QED) is 0.0196. The second-order valence-corrected chi connectivity index (χ2v) is 18.1. The average molecular weight is 1140 g/mol. The fraction of sp³-hybridized carbons (Fsp3) is 0.630. The van der Waals surface area contributed by atoms with E-state index in [4.69, 9.17) is 73.0 Å². The third kappa shape index (κ3) is 41.0. The van der Waals surface area contributed by atoms with Gasteiger partial charge in [0.1, 0.15) is 76.2 Å². The summed E-state index contributed by atoms with van der Waals surface area (Å²) < 4.78 is 33.7. The van der Waals surface area contributed by atoms with E-state index in [0.717, 1.165) is 25.7 Å². The van der Waals surface area contributed by atoms with Gasteiger partial charge in [0.2, 0.25) is 0 Å². The van der Waals surface area contributed by atoms with Crippen molar-refractivity contribution in [1.29, 1.82) is 0 Å². The van der Waals surface area contributed by atoms with Crippen LogP contribution in [0.2, 0.25) is 0 Å². The minimum absolute atomic E-state index is 0.0129. The first-order valence-electron chi connectivity index (χ1n) is 27.2. The Balaban J connectivity index is 0.00000213. The number of rotatable bonds is 45. The van der Waals surface area contributed by atoms with Gasteiger partial charge in [-0.2, -0.15) is 0 Å². The first kappa shape index (κ1) is 72.8. The van der Waals surface area contributed by atoms with Crippen LogP contribution in [0.4, 0.5) is 11.4 Å². The Morgan fingerprint density at radius 2 is 0.812 bits per heavy atom. The number of anilines is 2. The minimum atomic E-state index is -1.14. The zero-order valence-corrected chi connectivity index (χ0v) is 46.9. The zero-order valence-electron chi connectivity index (χ0n) is 46.9. The molecule has 80 heavy (non-hydrogen) atoms. The highest BCUT2D eigenvalue weighted by Crippen LogP contribution is 2.30. The number of aliphatic carboxylic acids is 4. The first-order chi connectivity index (χ1) is 38.3. The van der Waals surface area contributed by atoms with Gasteiger partial charge in [-0.05, 0) is 62.8 Å². The average Bonchev–Trinajstić information content (AvgIpc) is 3.40. The van der Waals surface area contributed by atoms with Gasteiger partial charge < -0.3 is 93.0 Å². The maximum Gasteiger partial charge on any atom is 0.325 e. The van der Waals surface area contributed by atoms with E-state index in [9.17, 15) is 39.0 Å². The largest absolute Gasteiger partial charge is 0.488 e. The van der Waals surface area contributed by atoms with Crippen LogP contribution in [-0.4, -0.2) is 172 Å². The lowest BCUT2D eigenvalue weighted by Crippen LogP contribution is -2.36. The van der Waals surface area contributed by atoms with Crippen LogP contribution in [0.5, 0.6) is 11.5 Å². The summed E-state index contributed by atoms with van der Waals surface area (Å²) >= 11 is 0. The molecule has 0 aliphatic rings. The molecule has 0 fully saturated rings. The van der Waals surface area contributed by atoms with Crippen molar-refractivity contribution in [2.24, 2.45) is 44.4 Å². The van der Waals surface area contributed by atoms with Gasteiger partial charge in [0.15, 0.2) is 11.9 Å². The van der Waals surface area contributed by atoms with Gasteiger partial charge in [-0.25, -0.2) is 0 Å². The summed E-state index contributed by atoms with van der Waals surface area (Å²) in [5.74, 6) is -4.80. The molecule has 0 spiro atoms. The van der Waals surface area contributed by atoms with Crippen molar-refractivity contribution in [3.8, 4) is 11.5 Å². The van der Waals surface area contributed by atoms with Crippen LogP contribution in [0.25, 0.3) is 0 Å². The van der Waals surface area contributed by atoms with E-state index >= 15 is 0 Å². The predicted octanol–water partition coefficient (Wildman–Crippen LogP) is 3.67. The van der Waals surface area contributed by atoms with Gasteiger partial charge in [-0.1, -0.05) is 102 Å². The number of ether oxygens (including phenoxy) is 6. The summed E-state index contributed by atoms with van der Waals surface area (Å²) in [6, 6.07) is 11.8. The molecule has 454 valence electrons. The number of carboxylic acids is 4. The number of hydrogen-bond acceptors (Lipinski definition) is 18. The molecule has 0 saturated carbocycles. The van der Waals surface area contributed by atoms with Crippen molar-refractivity contribution < 1.29 is 77.6 Å². The number of para-hydroxylation sites is 4. The summed E-state index contributed by atoms with van der Waals surface area (Å²) in [4.78, 5) is 79.4. The number of carbonyl (C=O) groups is 6. The fourth-order valence-corrected chi connectivity index (χ4v) is 7.05. The number of carboxylic acid groups (broad SMARTS) is 4. The summed E-state index contributed by atoms with van der Waals surface area (Å²) in [6.07, 6.45) is 15.7. The molecule has 2 rings (SSSR count). The lowest BCUT2D eigenvalue weighted by atomic mass is 10.1. The van der Waals surface area contributed by atoms with Gasteiger partial charge >= 0.3 is 35.8 Å². The third-order valence-corrected chi connectivity index (χ3v) is 11.1. The minimum Gasteiger partial charge on any atom is -0.488 e. The normalized spacial score (nSPS) is 11.2. The highest BCUT2D eigenvalue weighted by Gasteiger charge is 2.22. The summed E-state index contributed by atoms with van der Waals surface area (Å²) in [7, 11) is 0. The summed E-state index contributed by atoms with van der Waals surface area (Å²) in [6.45, 7) is 5.50. The van der Waals surface area contributed by atoms with Gasteiger partial charge in [-0.3, -0.25) is 38.8 Å². The Labute approximate surface area is 470 Å². The van der Waals surface area contributed by atoms with Crippen LogP contribution in [0.3, 0.4) is 0 Å². The lowest BCUT2D eigenvalue weighted by Gasteiger charge is -2.25. The van der Waals surface area contributed by atoms with Crippen LogP contribution < -0.4 is 53.7 Å². The maximum atomic E-state index is 12.7. The van der Waals surface area contributed by atoms with E-state index in [1.165, 1.54) is 61.2 Å². The van der Waals surface area contributed by atoms with Crippen LogP contribution in [0.1, 0.15) is 117 Å². The topological polar surface area (TPSA) is 426 Å². The molecule has 2 aromatic carbocycles. The van der Waals surface area contributed by atoms with E-state index in [-0.39, 0.29) is 64.6 Å². The molecular weight excluding hydrogens is 1040 g/mol. The van der Waals surface area contributed by atoms with Crippen molar-refractivity contribution in [2.75, 3.05) is 102 Å². The van der Waals surface area contributed by atoms with E-state index in [1.807, 2.05) is 0 Å². The molecule has 0 aliphatic heterocycles. The third-order valence-electron chi connectivity index (χ3n) is 11.1. The van der Waals surface area contributed by atoms with E-state index in [2.05, 4.69) is 23.8 Å². The maximum absolute atomic E-state index is 12.7. The van der Waals surface area contributed by atoms with Crippen molar-refractivity contribution in [3.05, 3.63) is 48.5 Å². The molecule has 0 aromatic heterocycles. The van der Waals surface area contributed by atoms with Crippen LogP contribution >= 0.6 is 0 Å². The zero-order chi connectivity index (χ0) is 59.8. The molecule has 0 amide bonds. The van der Waals surface area contributed by atoms with Crippen molar-refractivity contribution >= 4 is 59.1 Å². The Bertz CT molecular complexity index is 1930. The molecule has 16 N–H and O–H groups in total. The van der Waals surface area contributed by atoms with E-state index in [0.29, 0.717) is 74.9 Å². The second kappa shape index (κ2) is 47.8. The highest BCUT2D eigenvalue weighted by atomic mass is 16.6. The number of esters is 2. The molecule has 0 radical (unpaired) electrons. The van der Waals surface area contributed by atoms with E-state index in [1.54, 1.807) is 48.5 Å². The van der Waals surface area contributed by atoms with Gasteiger partial charge in [0.05, 0.1) is 24.6 Å². The number of hydrogen-bond donors (Lipinski definition) is 10. The molecule has 0 bridgehead atoms. The van der Waals surface area contributed by atoms with Crippen LogP contribution in [0, 0.1) is 0 Å². The van der Waals surface area contributed by atoms with Crippen molar-refractivity contribution in [2.45, 2.75) is 129 Å². The summed E-state index contributed by atoms with van der Waals surface area (Å²) in [5, 5.41) is 35.9. The van der Waals surface area contributed by atoms with Crippen LogP contribution in [-0.2, 0) is 47.7 Å². The van der Waals surface area contributed by atoms with Crippen molar-refractivity contribution in [1.82, 2.24) is 0 Å². The number of aliphatic imine (C=N–C) groups is 2. The second-order valence-electron chi connectivity index (χ2n) is 18.1. The van der Waals surface area contributed by atoms with Crippen LogP contribution in [0.15, 0.2) is 58.5 Å². The predicted molar refractivity (Wildman–Crippen MR) is 305 cm³/mol. The molecular formula is C54H92N10O16. The lowest BCUT2D eigenvalue weighted by molar-refractivity contribution is -0.144. The SMILES string of the molecule is CCCCCCCCOCCOC(=O)CN(CC(=O)O)c1ccccc1OCCOc1ccccc1N(CC(=O)O)CC(=O)OCCOCCCCCCCC.NC(N)=NCCCC(N)C(=O)O.NC(N)=NCCCC(N)C(=O)O. The van der Waals surface area contributed by atoms with Gasteiger partial charge in [-0.15, -0.1) is 0 Å². The molecule has 0 heterocycles. The summed E-state index contributed by atoms with van der Waals surface area (Å²) in [5.41, 5.74) is 31.4. The number of benzene rings is 2. The number of carbonyl (C=O) groups excluding carboxylic acids is 2. The van der Waals surface area contributed by atoms with Gasteiger partial charge in [0, 0.05) is 26.3 Å². The standard InChI is InChI=1S/C42H64N2O12.2C6H14N4O2/c1-3-5-7-9-11-17-23-51-25-27-55-41(49)33-43(31-39(45)46)35-19-13-15-21-37(35)53-29-30-54-38-22-16-14-20-36(38)44(32-40(47)48)34-42(50)56-28-26-52-24-18-12-10-8-6-4-2;2*7-4(5(11)12)2-1-3-10-6(8)9/h13-16,19-22H,3-12,17-18,23-34H2,1-2H3,(H,45,46)(H,47,48);2*4H,1-3,7H2,(H,11,12)(H4,8,9,10). The highest BCUT2D eigenvalue weighted by molar-refractivity contribution is 5.83. The molecule has 0 saturated heterocycles. The van der Waals surface area contributed by atoms with Crippen molar-refractivity contribution in [3.63, 3.8) is 0 Å². The molecule has 2 atom stereocenters. The Morgan fingerprint density at radius 1 is 0.463 bits per heavy atom. The first-order valence-corrected chi connectivity index (χ1v) is 27.2. The molecule has 2 aromatic rings. The monoisotopic (exact) mass is 1140 g/mol. The molecule has 0 aliphatic carbocycles. The number of nitrogens with zero attached hydrogens (tertiary/aromatic N) is 4. The van der Waals surface area contributed by atoms with Gasteiger partial charge in [0.25, 0.3) is 0 Å². The smallest absolute Gasteiger partial charge is 0.325 e. The Kier molecular flexibility index (Phi) is 43.5. The Hall–Kier alpha value is -7.16. The number of guanidine groups is 2. The number of nitrogens with two attached hydrogens (primary N) is 6. The molecule has 26 nitrogen and oxygen atoms in total. The van der Waals surface area contributed by atoms with E-state index < -0.39 is 61.0 Å². The fourth-order valence-electron chi connectivity index (χ4n) is 7.05. The molecule has 2 unspecified atom stereocenters.